The fourth-order valence-electron chi connectivity index (χ4n) is 2.01. The van der Waals surface area contributed by atoms with Gasteiger partial charge < -0.3 is 14.6 Å². The van der Waals surface area contributed by atoms with Gasteiger partial charge in [0.25, 0.3) is 0 Å². The molecule has 0 aromatic carbocycles. The second kappa shape index (κ2) is 5.45. The van der Waals surface area contributed by atoms with Gasteiger partial charge in [0.15, 0.2) is 0 Å². The van der Waals surface area contributed by atoms with Crippen molar-refractivity contribution >= 4 is 6.09 Å². The molecule has 0 aromatic heterocycles. The zero-order chi connectivity index (χ0) is 14.0. The van der Waals surface area contributed by atoms with E-state index in [0.717, 1.165) is 6.42 Å². The van der Waals surface area contributed by atoms with Gasteiger partial charge in [-0.25, -0.2) is 4.79 Å². The Morgan fingerprint density at radius 2 is 2.11 bits per heavy atom. The molecular formula is C13H25NO4. The van der Waals surface area contributed by atoms with Crippen LogP contribution in [0.5, 0.6) is 0 Å². The summed E-state index contributed by atoms with van der Waals surface area (Å²) in [6, 6.07) is 0. The molecule has 1 unspecified atom stereocenters. The van der Waals surface area contributed by atoms with Crippen molar-refractivity contribution < 1.29 is 19.4 Å². The first kappa shape index (κ1) is 15.2. The second-order valence-corrected chi connectivity index (χ2v) is 6.14. The summed E-state index contributed by atoms with van der Waals surface area (Å²) in [4.78, 5) is 13.7. The Balaban J connectivity index is 2.62. The summed E-state index contributed by atoms with van der Waals surface area (Å²) in [6.07, 6.45) is 1.06. The summed E-state index contributed by atoms with van der Waals surface area (Å²) in [5.41, 5.74) is -1.15. The number of ether oxygens (including phenoxy) is 2. The summed E-state index contributed by atoms with van der Waals surface area (Å²) in [6.45, 7) is 9.91. The topological polar surface area (TPSA) is 59.0 Å². The average molecular weight is 259 g/mol. The molecule has 106 valence electrons. The van der Waals surface area contributed by atoms with Crippen LogP contribution in [0.4, 0.5) is 4.79 Å². The molecule has 5 nitrogen and oxygen atoms in total. The number of rotatable bonds is 3. The van der Waals surface area contributed by atoms with Crippen LogP contribution >= 0.6 is 0 Å². The molecular weight excluding hydrogens is 234 g/mol. The van der Waals surface area contributed by atoms with Gasteiger partial charge in [0.05, 0.1) is 12.6 Å². The van der Waals surface area contributed by atoms with Gasteiger partial charge in [-0.05, 0) is 47.5 Å². The molecule has 1 aliphatic rings. The number of hydrogen-bond donors (Lipinski definition) is 1. The highest BCUT2D eigenvalue weighted by Gasteiger charge is 2.43. The SMILES string of the molecule is CC(C)(C)OC(=O)N1CC(CCCO)OC1(C)C. The third-order valence-electron chi connectivity index (χ3n) is 2.79. The average Bonchev–Trinajstić information content (AvgIpc) is 2.48. The molecule has 0 aromatic rings. The van der Waals surface area contributed by atoms with Gasteiger partial charge in [0, 0.05) is 6.61 Å². The van der Waals surface area contributed by atoms with Crippen LogP contribution < -0.4 is 0 Å². The lowest BCUT2D eigenvalue weighted by Gasteiger charge is -2.31. The minimum Gasteiger partial charge on any atom is -0.444 e. The Labute approximate surface area is 109 Å². The van der Waals surface area contributed by atoms with Crippen LogP contribution in [0.1, 0.15) is 47.5 Å². The Kier molecular flexibility index (Phi) is 4.61. The number of nitrogens with zero attached hydrogens (tertiary/aromatic N) is 1. The summed E-state index contributed by atoms with van der Waals surface area (Å²) in [5, 5.41) is 8.82. The molecule has 1 fully saturated rings. The minimum atomic E-state index is -0.650. The summed E-state index contributed by atoms with van der Waals surface area (Å²) in [7, 11) is 0. The number of carbonyl (C=O) groups is 1. The lowest BCUT2D eigenvalue weighted by atomic mass is 10.2. The van der Waals surface area contributed by atoms with Gasteiger partial charge in [-0.2, -0.15) is 0 Å². The van der Waals surface area contributed by atoms with E-state index in [0.29, 0.717) is 13.0 Å². The maximum Gasteiger partial charge on any atom is 0.412 e. The molecule has 1 N–H and O–H groups in total. The molecule has 1 aliphatic heterocycles. The number of amides is 1. The number of aliphatic hydroxyl groups excluding tert-OH is 1. The van der Waals surface area contributed by atoms with Crippen molar-refractivity contribution in [2.75, 3.05) is 13.2 Å². The van der Waals surface area contributed by atoms with Crippen molar-refractivity contribution in [3.05, 3.63) is 0 Å². The molecule has 1 heterocycles. The first-order valence-corrected chi connectivity index (χ1v) is 6.45. The van der Waals surface area contributed by atoms with Crippen LogP contribution in [0.3, 0.4) is 0 Å². The van der Waals surface area contributed by atoms with E-state index in [1.807, 2.05) is 34.6 Å². The maximum atomic E-state index is 12.1. The molecule has 5 heteroatoms. The Morgan fingerprint density at radius 1 is 1.50 bits per heavy atom. The minimum absolute atomic E-state index is 0.0281. The first-order chi connectivity index (χ1) is 8.15. The van der Waals surface area contributed by atoms with Crippen molar-refractivity contribution in [1.29, 1.82) is 0 Å². The second-order valence-electron chi connectivity index (χ2n) is 6.14. The molecule has 1 saturated heterocycles. The highest BCUT2D eigenvalue weighted by Crippen LogP contribution is 2.30. The van der Waals surface area contributed by atoms with E-state index in [9.17, 15) is 4.79 Å². The zero-order valence-corrected chi connectivity index (χ0v) is 12.0. The molecule has 0 saturated carbocycles. The largest absolute Gasteiger partial charge is 0.444 e. The smallest absolute Gasteiger partial charge is 0.412 e. The fraction of sp³-hybridized carbons (Fsp3) is 0.923. The monoisotopic (exact) mass is 259 g/mol. The van der Waals surface area contributed by atoms with Gasteiger partial charge in [0.1, 0.15) is 11.3 Å². The van der Waals surface area contributed by atoms with Gasteiger partial charge in [-0.3, -0.25) is 4.90 Å². The van der Waals surface area contributed by atoms with E-state index in [1.54, 1.807) is 4.90 Å². The lowest BCUT2D eigenvalue weighted by molar-refractivity contribution is -0.0798. The molecule has 0 aliphatic carbocycles. The summed E-state index contributed by atoms with van der Waals surface area (Å²) in [5.74, 6) is 0. The molecule has 0 spiro atoms. The van der Waals surface area contributed by atoms with Gasteiger partial charge >= 0.3 is 6.09 Å². The van der Waals surface area contributed by atoms with Crippen LogP contribution in [0.15, 0.2) is 0 Å². The van der Waals surface area contributed by atoms with E-state index in [-0.39, 0.29) is 18.8 Å². The maximum absolute atomic E-state index is 12.1. The predicted octanol–water partition coefficient (Wildman–Crippen LogP) is 2.13. The van der Waals surface area contributed by atoms with E-state index in [2.05, 4.69) is 0 Å². The first-order valence-electron chi connectivity index (χ1n) is 6.45. The van der Waals surface area contributed by atoms with Gasteiger partial charge in [0.2, 0.25) is 0 Å². The summed E-state index contributed by atoms with van der Waals surface area (Å²) < 4.78 is 11.2. The summed E-state index contributed by atoms with van der Waals surface area (Å²) >= 11 is 0. The number of aliphatic hydroxyl groups is 1. The Hall–Kier alpha value is -0.810. The molecule has 1 atom stereocenters. The molecule has 18 heavy (non-hydrogen) atoms. The third kappa shape index (κ3) is 4.14. The van der Waals surface area contributed by atoms with Crippen molar-refractivity contribution in [2.24, 2.45) is 0 Å². The Morgan fingerprint density at radius 3 is 2.61 bits per heavy atom. The van der Waals surface area contributed by atoms with E-state index in [1.165, 1.54) is 0 Å². The van der Waals surface area contributed by atoms with Crippen molar-refractivity contribution in [2.45, 2.75) is 64.9 Å². The standard InChI is InChI=1S/C13H25NO4/c1-12(2,3)18-11(16)14-9-10(7-6-8-15)17-13(14,4)5/h10,15H,6-9H2,1-5H3. The predicted molar refractivity (Wildman–Crippen MR) is 68.2 cm³/mol. The molecule has 0 bridgehead atoms. The number of hydrogen-bond acceptors (Lipinski definition) is 4. The number of carbonyl (C=O) groups excluding carboxylic acids is 1. The van der Waals surface area contributed by atoms with Gasteiger partial charge in [-0.1, -0.05) is 0 Å². The highest BCUT2D eigenvalue weighted by atomic mass is 16.6. The van der Waals surface area contributed by atoms with Crippen LogP contribution in [-0.2, 0) is 9.47 Å². The highest BCUT2D eigenvalue weighted by molar-refractivity contribution is 5.69. The van der Waals surface area contributed by atoms with E-state index in [4.69, 9.17) is 14.6 Å². The zero-order valence-electron chi connectivity index (χ0n) is 12.0. The Bertz CT molecular complexity index is 296. The van der Waals surface area contributed by atoms with Crippen LogP contribution in [0, 0.1) is 0 Å². The van der Waals surface area contributed by atoms with Crippen LogP contribution in [0.2, 0.25) is 0 Å². The third-order valence-corrected chi connectivity index (χ3v) is 2.79. The molecule has 1 amide bonds. The van der Waals surface area contributed by atoms with Crippen LogP contribution in [-0.4, -0.2) is 46.7 Å². The van der Waals surface area contributed by atoms with E-state index < -0.39 is 11.3 Å². The molecule has 1 rings (SSSR count). The lowest BCUT2D eigenvalue weighted by Crippen LogP contribution is -2.46. The van der Waals surface area contributed by atoms with Crippen LogP contribution in [0.25, 0.3) is 0 Å². The van der Waals surface area contributed by atoms with Crippen molar-refractivity contribution in [1.82, 2.24) is 4.90 Å². The molecule has 0 radical (unpaired) electrons. The van der Waals surface area contributed by atoms with Gasteiger partial charge in [-0.15, -0.1) is 0 Å². The van der Waals surface area contributed by atoms with E-state index >= 15 is 0 Å². The normalized spacial score (nSPS) is 23.2. The fourth-order valence-corrected chi connectivity index (χ4v) is 2.01. The van der Waals surface area contributed by atoms with Crippen molar-refractivity contribution in [3.63, 3.8) is 0 Å². The van der Waals surface area contributed by atoms with Crippen molar-refractivity contribution in [3.8, 4) is 0 Å². The quantitative estimate of drug-likeness (QED) is 0.843.